The summed E-state index contributed by atoms with van der Waals surface area (Å²) < 4.78 is 4.56. The van der Waals surface area contributed by atoms with Crippen molar-refractivity contribution < 1.29 is 14.6 Å². The molecule has 0 aliphatic rings. The average molecular weight is 401 g/mol. The minimum atomic E-state index is -1.24. The van der Waals surface area contributed by atoms with Crippen LogP contribution in [-0.2, 0) is 24.0 Å². The standard InChI is InChI=1S/C24H23N3O3/c1-15-2-9-19-20-13-18(14-26-22(20)23(25)27-21(19)12-15)8-7-16-3-5-17(6-4-16)10-11-30-24(28)29/h2-6,9,12-14H,7-8,10-11H2,1H3,(H2,25,27)(H,28,29). The third-order valence-corrected chi connectivity index (χ3v) is 5.21. The van der Waals surface area contributed by atoms with Crippen molar-refractivity contribution in [2.75, 3.05) is 12.3 Å². The summed E-state index contributed by atoms with van der Waals surface area (Å²) in [6.07, 6.45) is 2.95. The number of ether oxygens (including phenoxy) is 1. The number of fused-ring (bicyclic) bond motifs is 3. The fraction of sp³-hybridized carbons (Fsp3) is 0.208. The Labute approximate surface area is 174 Å². The van der Waals surface area contributed by atoms with Gasteiger partial charge >= 0.3 is 6.16 Å². The second kappa shape index (κ2) is 8.37. The molecule has 2 aromatic heterocycles. The van der Waals surface area contributed by atoms with Gasteiger partial charge in [0.15, 0.2) is 5.82 Å². The quantitative estimate of drug-likeness (QED) is 0.359. The summed E-state index contributed by atoms with van der Waals surface area (Å²) in [7, 11) is 0. The first-order chi connectivity index (χ1) is 14.5. The SMILES string of the molecule is Cc1ccc2c(c1)nc(N)c1ncc(CCc3ccc(CCOC(=O)O)cc3)cc12. The number of nitrogen functional groups attached to an aromatic ring is 1. The summed E-state index contributed by atoms with van der Waals surface area (Å²) in [4.78, 5) is 19.5. The van der Waals surface area contributed by atoms with Crippen LogP contribution >= 0.6 is 0 Å². The summed E-state index contributed by atoms with van der Waals surface area (Å²) in [5.74, 6) is 0.456. The molecule has 0 amide bonds. The number of aryl methyl sites for hydroxylation is 3. The lowest BCUT2D eigenvalue weighted by atomic mass is 10.0. The van der Waals surface area contributed by atoms with E-state index in [0.29, 0.717) is 12.2 Å². The molecule has 30 heavy (non-hydrogen) atoms. The molecule has 4 aromatic rings. The molecule has 0 bridgehead atoms. The number of aromatic nitrogens is 2. The Balaban J connectivity index is 1.50. The molecule has 3 N–H and O–H groups in total. The van der Waals surface area contributed by atoms with Crippen molar-refractivity contribution in [2.24, 2.45) is 0 Å². The fourth-order valence-corrected chi connectivity index (χ4v) is 3.62. The molecule has 152 valence electrons. The fourth-order valence-electron chi connectivity index (χ4n) is 3.62. The maximum Gasteiger partial charge on any atom is 0.505 e. The predicted molar refractivity (Wildman–Crippen MR) is 118 cm³/mol. The maximum absolute atomic E-state index is 10.4. The van der Waals surface area contributed by atoms with E-state index in [1.54, 1.807) is 0 Å². The number of hydrogen-bond acceptors (Lipinski definition) is 5. The highest BCUT2D eigenvalue weighted by Gasteiger charge is 2.09. The Morgan fingerprint density at radius 2 is 1.67 bits per heavy atom. The van der Waals surface area contributed by atoms with Gasteiger partial charge in [-0.25, -0.2) is 9.78 Å². The lowest BCUT2D eigenvalue weighted by Crippen LogP contribution is -2.04. The third kappa shape index (κ3) is 4.33. The smallest absolute Gasteiger partial charge is 0.450 e. The van der Waals surface area contributed by atoms with Crippen molar-refractivity contribution in [3.05, 3.63) is 77.0 Å². The molecule has 0 aliphatic carbocycles. The van der Waals surface area contributed by atoms with Crippen LogP contribution in [0, 0.1) is 6.92 Å². The Kier molecular flexibility index (Phi) is 5.48. The van der Waals surface area contributed by atoms with Crippen LogP contribution in [0.4, 0.5) is 10.6 Å². The zero-order valence-corrected chi connectivity index (χ0v) is 16.8. The minimum Gasteiger partial charge on any atom is -0.450 e. The first kappa shape index (κ1) is 19.6. The van der Waals surface area contributed by atoms with Crippen LogP contribution in [0.3, 0.4) is 0 Å². The lowest BCUT2D eigenvalue weighted by molar-refractivity contribution is 0.0927. The summed E-state index contributed by atoms with van der Waals surface area (Å²) in [6.45, 7) is 2.21. The minimum absolute atomic E-state index is 0.170. The second-order valence-corrected chi connectivity index (χ2v) is 7.44. The molecule has 0 radical (unpaired) electrons. The van der Waals surface area contributed by atoms with E-state index in [2.05, 4.69) is 45.0 Å². The van der Waals surface area contributed by atoms with Crippen LogP contribution in [0.1, 0.15) is 22.3 Å². The van der Waals surface area contributed by atoms with E-state index in [1.165, 1.54) is 5.56 Å². The van der Waals surface area contributed by atoms with Crippen LogP contribution in [-0.4, -0.2) is 27.8 Å². The largest absolute Gasteiger partial charge is 0.505 e. The summed E-state index contributed by atoms with van der Waals surface area (Å²) >= 11 is 0. The van der Waals surface area contributed by atoms with Gasteiger partial charge in [0.25, 0.3) is 0 Å². The van der Waals surface area contributed by atoms with Gasteiger partial charge in [-0.05, 0) is 54.2 Å². The van der Waals surface area contributed by atoms with Gasteiger partial charge in [0.2, 0.25) is 0 Å². The highest BCUT2D eigenvalue weighted by atomic mass is 16.7. The molecule has 6 nitrogen and oxygen atoms in total. The topological polar surface area (TPSA) is 98.3 Å². The average Bonchev–Trinajstić information content (AvgIpc) is 2.72. The molecule has 0 saturated heterocycles. The zero-order valence-electron chi connectivity index (χ0n) is 16.8. The van der Waals surface area contributed by atoms with Gasteiger partial charge in [0, 0.05) is 23.4 Å². The van der Waals surface area contributed by atoms with Crippen LogP contribution in [0.15, 0.2) is 54.7 Å². The summed E-state index contributed by atoms with van der Waals surface area (Å²) in [5.41, 5.74) is 12.3. The number of anilines is 1. The number of pyridine rings is 2. The summed E-state index contributed by atoms with van der Waals surface area (Å²) in [5, 5.41) is 10.6. The molecular weight excluding hydrogens is 378 g/mol. The number of rotatable bonds is 6. The number of nitrogens with zero attached hydrogens (tertiary/aromatic N) is 2. The zero-order chi connectivity index (χ0) is 21.1. The van der Waals surface area contributed by atoms with Crippen molar-refractivity contribution in [1.82, 2.24) is 9.97 Å². The molecule has 0 saturated carbocycles. The molecule has 0 fully saturated rings. The van der Waals surface area contributed by atoms with Crippen molar-refractivity contribution in [3.63, 3.8) is 0 Å². The van der Waals surface area contributed by atoms with Crippen LogP contribution < -0.4 is 5.73 Å². The molecule has 4 rings (SSSR count). The predicted octanol–water partition coefficient (Wildman–Crippen LogP) is 4.70. The van der Waals surface area contributed by atoms with Crippen LogP contribution in [0.25, 0.3) is 21.8 Å². The van der Waals surface area contributed by atoms with E-state index in [4.69, 9.17) is 10.8 Å². The van der Waals surface area contributed by atoms with Gasteiger partial charge < -0.3 is 15.6 Å². The molecule has 0 unspecified atom stereocenters. The van der Waals surface area contributed by atoms with E-state index >= 15 is 0 Å². The van der Waals surface area contributed by atoms with E-state index in [0.717, 1.165) is 51.3 Å². The number of carboxylic acid groups (broad SMARTS) is 1. The Morgan fingerprint density at radius 1 is 0.967 bits per heavy atom. The van der Waals surface area contributed by atoms with E-state index < -0.39 is 6.16 Å². The molecule has 2 heterocycles. The van der Waals surface area contributed by atoms with Gasteiger partial charge in [0.05, 0.1) is 12.1 Å². The van der Waals surface area contributed by atoms with E-state index in [1.807, 2.05) is 31.3 Å². The van der Waals surface area contributed by atoms with Crippen molar-refractivity contribution in [2.45, 2.75) is 26.2 Å². The highest BCUT2D eigenvalue weighted by Crippen LogP contribution is 2.28. The third-order valence-electron chi connectivity index (χ3n) is 5.21. The van der Waals surface area contributed by atoms with Gasteiger partial charge in [-0.2, -0.15) is 0 Å². The molecule has 6 heteroatoms. The molecule has 2 aromatic carbocycles. The maximum atomic E-state index is 10.4. The van der Waals surface area contributed by atoms with Gasteiger partial charge in [-0.1, -0.05) is 36.4 Å². The molecular formula is C24H23N3O3. The normalized spacial score (nSPS) is 11.1. The first-order valence-corrected chi connectivity index (χ1v) is 9.87. The number of benzene rings is 2. The van der Waals surface area contributed by atoms with Crippen LogP contribution in [0.2, 0.25) is 0 Å². The Hall–Kier alpha value is -3.67. The van der Waals surface area contributed by atoms with E-state index in [9.17, 15) is 4.79 Å². The Bertz CT molecular complexity index is 1220. The summed E-state index contributed by atoms with van der Waals surface area (Å²) in [6, 6.07) is 16.5. The van der Waals surface area contributed by atoms with Gasteiger partial charge in [-0.15, -0.1) is 0 Å². The van der Waals surface area contributed by atoms with Crippen molar-refractivity contribution in [3.8, 4) is 0 Å². The lowest BCUT2D eigenvalue weighted by Gasteiger charge is -2.09. The van der Waals surface area contributed by atoms with Crippen molar-refractivity contribution >= 4 is 33.8 Å². The Morgan fingerprint density at radius 3 is 2.40 bits per heavy atom. The first-order valence-electron chi connectivity index (χ1n) is 9.87. The molecule has 0 spiro atoms. The second-order valence-electron chi connectivity index (χ2n) is 7.44. The number of nitrogens with two attached hydrogens (primary N) is 1. The molecule has 0 aliphatic heterocycles. The highest BCUT2D eigenvalue weighted by molar-refractivity contribution is 6.08. The monoisotopic (exact) mass is 401 g/mol. The number of hydrogen-bond donors (Lipinski definition) is 2. The van der Waals surface area contributed by atoms with Gasteiger partial charge in [0.1, 0.15) is 5.52 Å². The van der Waals surface area contributed by atoms with E-state index in [-0.39, 0.29) is 6.61 Å². The molecule has 0 atom stereocenters. The van der Waals surface area contributed by atoms with Gasteiger partial charge in [-0.3, -0.25) is 4.98 Å². The van der Waals surface area contributed by atoms with Crippen molar-refractivity contribution in [1.29, 1.82) is 0 Å². The number of carbonyl (C=O) groups is 1. The van der Waals surface area contributed by atoms with Crippen LogP contribution in [0.5, 0.6) is 0 Å².